The minimum Gasteiger partial charge on any atom is -0.294 e. The number of benzene rings is 6. The van der Waals surface area contributed by atoms with Crippen LogP contribution in [0.5, 0.6) is 0 Å². The van der Waals surface area contributed by atoms with Crippen LogP contribution in [-0.2, 0) is 16.2 Å². The fourth-order valence-electron chi connectivity index (χ4n) is 10.0. The van der Waals surface area contributed by atoms with Crippen LogP contribution in [0.15, 0.2) is 132 Å². The van der Waals surface area contributed by atoms with Crippen molar-refractivity contribution in [3.63, 3.8) is 0 Å². The van der Waals surface area contributed by atoms with Crippen LogP contribution in [0.25, 0.3) is 39.0 Å². The zero-order chi connectivity index (χ0) is 38.4. The van der Waals surface area contributed by atoms with Crippen LogP contribution in [0, 0.1) is 6.92 Å². The number of hydrogen-bond acceptors (Lipinski definition) is 2. The van der Waals surface area contributed by atoms with E-state index < -0.39 is 0 Å². The topological polar surface area (TPSA) is 17.1 Å². The molecule has 0 fully saturated rings. The smallest absolute Gasteiger partial charge is 0.162 e. The molecule has 0 spiro atoms. The van der Waals surface area contributed by atoms with Crippen LogP contribution in [0.4, 0.5) is 0 Å². The Morgan fingerprint density at radius 2 is 1.05 bits per heavy atom. The first-order chi connectivity index (χ1) is 26.3. The predicted octanol–water partition coefficient (Wildman–Crippen LogP) is 14.5. The Kier molecular flexibility index (Phi) is 8.33. The number of carbonyl (C=O) groups is 1. The molecule has 55 heavy (non-hydrogen) atoms. The summed E-state index contributed by atoms with van der Waals surface area (Å²) in [5.74, 6) is 0.235. The van der Waals surface area contributed by atoms with Gasteiger partial charge in [-0.25, -0.2) is 0 Å². The first-order valence-electron chi connectivity index (χ1n) is 20.0. The Morgan fingerprint density at radius 3 is 1.71 bits per heavy atom. The third-order valence-corrected chi connectivity index (χ3v) is 14.3. The molecule has 6 aromatic carbocycles. The number of carbonyl (C=O) groups excluding carboxylic acids is 1. The number of allylic oxidation sites excluding steroid dienone is 1. The maximum absolute atomic E-state index is 13.9. The molecule has 0 saturated carbocycles. The molecule has 3 aliphatic carbocycles. The summed E-state index contributed by atoms with van der Waals surface area (Å²) in [6, 6.07) is 43.0. The van der Waals surface area contributed by atoms with Crippen molar-refractivity contribution >= 4 is 23.1 Å². The second-order valence-electron chi connectivity index (χ2n) is 17.4. The second-order valence-corrected chi connectivity index (χ2v) is 18.6. The van der Waals surface area contributed by atoms with Crippen molar-refractivity contribution < 1.29 is 4.79 Å². The summed E-state index contributed by atoms with van der Waals surface area (Å²) in [5, 5.41) is 0. The van der Waals surface area contributed by atoms with E-state index in [1.165, 1.54) is 93.3 Å². The molecule has 1 atom stereocenters. The third-order valence-electron chi connectivity index (χ3n) is 13.3. The van der Waals surface area contributed by atoms with Crippen LogP contribution in [0.1, 0.15) is 122 Å². The van der Waals surface area contributed by atoms with Crippen molar-refractivity contribution in [2.75, 3.05) is 0 Å². The summed E-state index contributed by atoms with van der Waals surface area (Å²) < 4.78 is 0. The van der Waals surface area contributed by atoms with Crippen molar-refractivity contribution in [1.82, 2.24) is 0 Å². The fraction of sp³-hybridized carbons (Fsp3) is 0.264. The Bertz CT molecular complexity index is 2600. The highest BCUT2D eigenvalue weighted by Crippen LogP contribution is 2.54. The molecule has 274 valence electrons. The molecule has 0 amide bonds. The zero-order valence-electron chi connectivity index (χ0n) is 33.3. The number of fused-ring (bicyclic) bond motifs is 9. The van der Waals surface area contributed by atoms with E-state index in [4.69, 9.17) is 0 Å². The molecule has 0 radical (unpaired) electrons. The van der Waals surface area contributed by atoms with E-state index in [2.05, 4.69) is 170 Å². The highest BCUT2D eigenvalue weighted by atomic mass is 32.2. The van der Waals surface area contributed by atoms with E-state index >= 15 is 0 Å². The molecule has 2 heteroatoms. The van der Waals surface area contributed by atoms with Gasteiger partial charge in [-0.2, -0.15) is 0 Å². The molecular formula is C53H50OS. The lowest BCUT2D eigenvalue weighted by Gasteiger charge is -2.28. The maximum Gasteiger partial charge on any atom is 0.162 e. The largest absolute Gasteiger partial charge is 0.294 e. The molecule has 0 bridgehead atoms. The van der Waals surface area contributed by atoms with Crippen LogP contribution < -0.4 is 0 Å². The number of ketones is 1. The molecule has 6 aromatic rings. The van der Waals surface area contributed by atoms with Crippen molar-refractivity contribution in [2.45, 2.75) is 100 Å². The predicted molar refractivity (Wildman–Crippen MR) is 233 cm³/mol. The molecule has 9 rings (SSSR count). The summed E-state index contributed by atoms with van der Waals surface area (Å²) >= 11 is 1.85. The van der Waals surface area contributed by atoms with Gasteiger partial charge in [0.25, 0.3) is 0 Å². The Morgan fingerprint density at radius 1 is 0.564 bits per heavy atom. The standard InChI is InChI=1S/C53H50OS/c1-9-33(3)34-17-22-40-42-24-19-36(30-48(42)52(6,7)46(40)28-34)55-37-20-25-43-38-13-10-11-14-44(38)53(8,49(43)31-37)26-12-15-50(54)35-18-23-41-39-21-16-32(2)27-45(39)51(4,5)47(41)29-35/h10-11,13-14,16-25,27-31H,3,9,12,15,26H2,1-2,4-8H3. The fourth-order valence-corrected chi connectivity index (χ4v) is 10.9. The maximum atomic E-state index is 13.9. The van der Waals surface area contributed by atoms with Crippen LogP contribution in [0.2, 0.25) is 0 Å². The van der Waals surface area contributed by atoms with Gasteiger partial charge in [0, 0.05) is 38.0 Å². The summed E-state index contributed by atoms with van der Waals surface area (Å²) in [4.78, 5) is 16.4. The lowest BCUT2D eigenvalue weighted by Crippen LogP contribution is -2.21. The summed E-state index contributed by atoms with van der Waals surface area (Å²) in [6.45, 7) is 20.3. The average molecular weight is 735 g/mol. The normalized spacial score (nSPS) is 17.5. The lowest BCUT2D eigenvalue weighted by molar-refractivity contribution is 0.0977. The van der Waals surface area contributed by atoms with Gasteiger partial charge < -0.3 is 0 Å². The van der Waals surface area contributed by atoms with E-state index in [0.717, 1.165) is 24.8 Å². The number of rotatable bonds is 9. The SMILES string of the molecule is C=C(CC)c1ccc2c(c1)C(C)(C)c1cc(Sc3ccc4c(c3)C(C)(CCCC(=O)c3ccc5c(c3)C(C)(C)c3cc(C)ccc3-5)c3ccccc3-4)ccc1-2. The molecular weight excluding hydrogens is 685 g/mol. The lowest BCUT2D eigenvalue weighted by atomic mass is 9.76. The average Bonchev–Trinajstić information content (AvgIpc) is 3.66. The summed E-state index contributed by atoms with van der Waals surface area (Å²) in [6.07, 6.45) is 3.23. The van der Waals surface area contributed by atoms with Crippen LogP contribution in [-0.4, -0.2) is 5.78 Å². The molecule has 0 N–H and O–H groups in total. The molecule has 3 aliphatic rings. The number of aryl methyl sites for hydroxylation is 1. The molecule has 0 aromatic heterocycles. The van der Waals surface area contributed by atoms with Crippen molar-refractivity contribution in [2.24, 2.45) is 0 Å². The van der Waals surface area contributed by atoms with Crippen LogP contribution >= 0.6 is 11.8 Å². The summed E-state index contributed by atoms with van der Waals surface area (Å²) in [7, 11) is 0. The highest BCUT2D eigenvalue weighted by Gasteiger charge is 2.40. The van der Waals surface area contributed by atoms with Gasteiger partial charge in [0.2, 0.25) is 0 Å². The van der Waals surface area contributed by atoms with Gasteiger partial charge in [-0.1, -0.05) is 144 Å². The zero-order valence-corrected chi connectivity index (χ0v) is 34.1. The minimum absolute atomic E-state index is 0.0824. The van der Waals surface area contributed by atoms with Gasteiger partial charge in [-0.3, -0.25) is 4.79 Å². The minimum atomic E-state index is -0.177. The molecule has 1 unspecified atom stereocenters. The first kappa shape index (κ1) is 35.8. The van der Waals surface area contributed by atoms with Gasteiger partial charge >= 0.3 is 0 Å². The first-order valence-corrected chi connectivity index (χ1v) is 20.8. The van der Waals surface area contributed by atoms with Gasteiger partial charge in [-0.05, 0) is 140 Å². The Hall–Kier alpha value is -4.92. The molecule has 1 nitrogen and oxygen atoms in total. The van der Waals surface area contributed by atoms with E-state index in [0.29, 0.717) is 6.42 Å². The molecule has 0 heterocycles. The quantitative estimate of drug-likeness (QED) is 0.138. The van der Waals surface area contributed by atoms with E-state index in [-0.39, 0.29) is 22.0 Å². The van der Waals surface area contributed by atoms with Crippen molar-refractivity contribution in [3.05, 3.63) is 172 Å². The van der Waals surface area contributed by atoms with Crippen molar-refractivity contribution in [1.29, 1.82) is 0 Å². The van der Waals surface area contributed by atoms with Crippen molar-refractivity contribution in [3.8, 4) is 33.4 Å². The molecule has 0 saturated heterocycles. The Labute approximate surface area is 331 Å². The van der Waals surface area contributed by atoms with Gasteiger partial charge in [0.05, 0.1) is 0 Å². The number of hydrogen-bond donors (Lipinski definition) is 0. The third kappa shape index (κ3) is 5.54. The van der Waals surface area contributed by atoms with Gasteiger partial charge in [-0.15, -0.1) is 0 Å². The van der Waals surface area contributed by atoms with Crippen LogP contribution in [0.3, 0.4) is 0 Å². The van der Waals surface area contributed by atoms with Gasteiger partial charge in [0.15, 0.2) is 5.78 Å². The summed E-state index contributed by atoms with van der Waals surface area (Å²) in [5.41, 5.74) is 20.2. The van der Waals surface area contributed by atoms with E-state index in [9.17, 15) is 4.79 Å². The monoisotopic (exact) mass is 734 g/mol. The van der Waals surface area contributed by atoms with E-state index in [1.807, 2.05) is 11.8 Å². The highest BCUT2D eigenvalue weighted by molar-refractivity contribution is 7.99. The van der Waals surface area contributed by atoms with Gasteiger partial charge in [0.1, 0.15) is 0 Å². The molecule has 0 aliphatic heterocycles. The van der Waals surface area contributed by atoms with E-state index in [1.54, 1.807) is 0 Å². The Balaban J connectivity index is 0.960. The second kappa shape index (κ2) is 12.8. The number of Topliss-reactive ketones (excluding diaryl/α,β-unsaturated/α-hetero) is 1.